The Labute approximate surface area is 170 Å². The van der Waals surface area contributed by atoms with E-state index in [-0.39, 0.29) is 18.3 Å². The van der Waals surface area contributed by atoms with Gasteiger partial charge in [0.05, 0.1) is 6.20 Å². The van der Waals surface area contributed by atoms with Gasteiger partial charge in [-0.2, -0.15) is 4.98 Å². The first-order valence-electron chi connectivity index (χ1n) is 9.03. The molecule has 4 aromatic rings. The second-order valence-corrected chi connectivity index (χ2v) is 6.71. The van der Waals surface area contributed by atoms with Gasteiger partial charge < -0.3 is 19.8 Å². The number of nitrogens with zero attached hydrogens (tertiary/aromatic N) is 5. The summed E-state index contributed by atoms with van der Waals surface area (Å²) in [7, 11) is 1.41. The predicted molar refractivity (Wildman–Crippen MR) is 107 cm³/mol. The van der Waals surface area contributed by atoms with E-state index >= 15 is 0 Å². The molecule has 0 saturated carbocycles. The number of imidazole rings is 1. The maximum atomic E-state index is 12.8. The fourth-order valence-corrected chi connectivity index (χ4v) is 2.89. The van der Waals surface area contributed by atoms with Gasteiger partial charge in [0, 0.05) is 24.5 Å². The van der Waals surface area contributed by atoms with Crippen molar-refractivity contribution in [2.75, 3.05) is 12.4 Å². The van der Waals surface area contributed by atoms with E-state index in [1.165, 1.54) is 13.2 Å². The number of hydrogen-bond acceptors (Lipinski definition) is 6. The Balaban J connectivity index is 1.57. The second-order valence-electron chi connectivity index (χ2n) is 6.71. The molecule has 0 radical (unpaired) electrons. The van der Waals surface area contributed by atoms with Crippen LogP contribution in [-0.2, 0) is 6.54 Å². The first-order valence-corrected chi connectivity index (χ1v) is 9.03. The van der Waals surface area contributed by atoms with Crippen molar-refractivity contribution in [3.05, 3.63) is 65.9 Å². The number of benzene rings is 1. The van der Waals surface area contributed by atoms with E-state index in [1.54, 1.807) is 22.7 Å². The monoisotopic (exact) mass is 406 g/mol. The second kappa shape index (κ2) is 7.66. The van der Waals surface area contributed by atoms with E-state index in [0.29, 0.717) is 28.4 Å². The number of rotatable bonds is 5. The molecule has 10 heteroatoms. The first kappa shape index (κ1) is 19.1. The lowest BCUT2D eigenvalue weighted by molar-refractivity contribution is 0.102. The van der Waals surface area contributed by atoms with Crippen LogP contribution in [0, 0.1) is 6.92 Å². The van der Waals surface area contributed by atoms with E-state index in [9.17, 15) is 9.59 Å². The van der Waals surface area contributed by atoms with Crippen molar-refractivity contribution in [2.45, 2.75) is 13.5 Å². The summed E-state index contributed by atoms with van der Waals surface area (Å²) < 4.78 is 6.84. The molecule has 3 heterocycles. The molecule has 2 amide bonds. The third-order valence-corrected chi connectivity index (χ3v) is 4.56. The third-order valence-electron chi connectivity index (χ3n) is 4.56. The molecule has 3 aromatic heterocycles. The summed E-state index contributed by atoms with van der Waals surface area (Å²) >= 11 is 0. The Bertz CT molecular complexity index is 1250. The molecule has 0 fully saturated rings. The van der Waals surface area contributed by atoms with Crippen LogP contribution in [0.4, 0.5) is 10.5 Å². The largest absolute Gasteiger partial charge is 0.465 e. The summed E-state index contributed by atoms with van der Waals surface area (Å²) in [6, 6.07) is 10.9. The average Bonchev–Trinajstić information content (AvgIpc) is 3.36. The predicted octanol–water partition coefficient (Wildman–Crippen LogP) is 3.05. The zero-order chi connectivity index (χ0) is 21.3. The summed E-state index contributed by atoms with van der Waals surface area (Å²) in [5, 5.41) is 15.8. The smallest absolute Gasteiger partial charge is 0.407 e. The number of amides is 2. The Morgan fingerprint density at radius 3 is 2.90 bits per heavy atom. The molecule has 0 saturated heterocycles. The fourth-order valence-electron chi connectivity index (χ4n) is 2.89. The normalized spacial score (nSPS) is 10.9. The molecule has 4 rings (SSSR count). The number of fused-ring (bicyclic) bond motifs is 1. The maximum absolute atomic E-state index is 12.8. The van der Waals surface area contributed by atoms with Crippen molar-refractivity contribution >= 4 is 23.3 Å². The average molecular weight is 406 g/mol. The Kier molecular flexibility index (Phi) is 4.88. The minimum Gasteiger partial charge on any atom is -0.465 e. The van der Waals surface area contributed by atoms with Crippen LogP contribution in [0.2, 0.25) is 0 Å². The SMILES string of the molecule is Cc1ccc(-c2noc(CN(C)C(=O)O)n2)cc1NC(=O)c1cnc2ccccn12. The Morgan fingerprint density at radius 2 is 2.10 bits per heavy atom. The van der Waals surface area contributed by atoms with Gasteiger partial charge in [-0.1, -0.05) is 23.4 Å². The highest BCUT2D eigenvalue weighted by Crippen LogP contribution is 2.24. The van der Waals surface area contributed by atoms with Gasteiger partial charge in [-0.25, -0.2) is 9.78 Å². The Morgan fingerprint density at radius 1 is 1.27 bits per heavy atom. The van der Waals surface area contributed by atoms with Crippen LogP contribution in [0.1, 0.15) is 21.9 Å². The van der Waals surface area contributed by atoms with E-state index in [2.05, 4.69) is 20.4 Å². The molecule has 30 heavy (non-hydrogen) atoms. The molecule has 0 aliphatic carbocycles. The summed E-state index contributed by atoms with van der Waals surface area (Å²) in [6.07, 6.45) is 2.20. The lowest BCUT2D eigenvalue weighted by atomic mass is 10.1. The van der Waals surface area contributed by atoms with Gasteiger partial charge in [-0.05, 0) is 30.7 Å². The maximum Gasteiger partial charge on any atom is 0.407 e. The molecule has 0 unspecified atom stereocenters. The third kappa shape index (κ3) is 3.70. The van der Waals surface area contributed by atoms with Gasteiger partial charge in [-0.3, -0.25) is 9.20 Å². The topological polar surface area (TPSA) is 126 Å². The van der Waals surface area contributed by atoms with Gasteiger partial charge in [0.25, 0.3) is 5.91 Å². The zero-order valence-electron chi connectivity index (χ0n) is 16.2. The van der Waals surface area contributed by atoms with Crippen LogP contribution in [0.3, 0.4) is 0 Å². The number of aromatic nitrogens is 4. The number of anilines is 1. The summed E-state index contributed by atoms with van der Waals surface area (Å²) in [4.78, 5) is 33.2. The van der Waals surface area contributed by atoms with Gasteiger partial charge in [0.2, 0.25) is 11.7 Å². The quantitative estimate of drug-likeness (QED) is 0.522. The highest BCUT2D eigenvalue weighted by Gasteiger charge is 2.16. The zero-order valence-corrected chi connectivity index (χ0v) is 16.2. The van der Waals surface area contributed by atoms with E-state index < -0.39 is 6.09 Å². The summed E-state index contributed by atoms with van der Waals surface area (Å²) in [6.45, 7) is 1.85. The molecular formula is C20H18N6O4. The first-order chi connectivity index (χ1) is 14.4. The lowest BCUT2D eigenvalue weighted by Gasteiger charge is -2.09. The highest BCUT2D eigenvalue weighted by molar-refractivity contribution is 6.04. The minimum atomic E-state index is -1.09. The van der Waals surface area contributed by atoms with Crippen LogP contribution >= 0.6 is 0 Å². The number of hydrogen-bond donors (Lipinski definition) is 2. The molecule has 2 N–H and O–H groups in total. The van der Waals surface area contributed by atoms with Crippen LogP contribution < -0.4 is 5.32 Å². The number of pyridine rings is 1. The number of carbonyl (C=O) groups excluding carboxylic acids is 1. The molecule has 0 atom stereocenters. The van der Waals surface area contributed by atoms with E-state index in [1.807, 2.05) is 31.2 Å². The van der Waals surface area contributed by atoms with E-state index in [4.69, 9.17) is 9.63 Å². The van der Waals surface area contributed by atoms with Crippen molar-refractivity contribution < 1.29 is 19.2 Å². The van der Waals surface area contributed by atoms with Crippen LogP contribution in [0.25, 0.3) is 17.0 Å². The standard InChI is InChI=1S/C20H18N6O4/c1-12-6-7-13(18-23-17(30-24-18)11-25(2)20(28)29)9-14(12)22-19(27)15-10-21-16-5-3-4-8-26(15)16/h3-10H,11H2,1-2H3,(H,22,27)(H,28,29). The lowest BCUT2D eigenvalue weighted by Crippen LogP contribution is -2.24. The molecule has 0 bridgehead atoms. The number of aryl methyl sites for hydroxylation is 1. The molecule has 0 aliphatic heterocycles. The summed E-state index contributed by atoms with van der Waals surface area (Å²) in [5.41, 5.74) is 3.17. The van der Waals surface area contributed by atoms with Gasteiger partial charge >= 0.3 is 6.09 Å². The minimum absolute atomic E-state index is 0.0218. The van der Waals surface area contributed by atoms with E-state index in [0.717, 1.165) is 10.5 Å². The molecular weight excluding hydrogens is 388 g/mol. The Hall–Kier alpha value is -4.21. The highest BCUT2D eigenvalue weighted by atomic mass is 16.5. The van der Waals surface area contributed by atoms with Gasteiger partial charge in [-0.15, -0.1) is 0 Å². The fraction of sp³-hybridized carbons (Fsp3) is 0.150. The molecule has 152 valence electrons. The van der Waals surface area contributed by atoms with Crippen LogP contribution in [0.5, 0.6) is 0 Å². The van der Waals surface area contributed by atoms with Crippen molar-refractivity contribution in [2.24, 2.45) is 0 Å². The number of carbonyl (C=O) groups is 2. The van der Waals surface area contributed by atoms with Gasteiger partial charge in [0.15, 0.2) is 0 Å². The molecule has 0 spiro atoms. The molecule has 0 aliphatic rings. The summed E-state index contributed by atoms with van der Waals surface area (Å²) in [5.74, 6) is 0.173. The van der Waals surface area contributed by atoms with Crippen molar-refractivity contribution in [1.82, 2.24) is 24.4 Å². The number of carboxylic acid groups (broad SMARTS) is 1. The van der Waals surface area contributed by atoms with Crippen molar-refractivity contribution in [1.29, 1.82) is 0 Å². The van der Waals surface area contributed by atoms with Crippen molar-refractivity contribution in [3.8, 4) is 11.4 Å². The number of nitrogens with one attached hydrogen (secondary N) is 1. The van der Waals surface area contributed by atoms with Gasteiger partial charge in [0.1, 0.15) is 17.9 Å². The van der Waals surface area contributed by atoms with Crippen molar-refractivity contribution in [3.63, 3.8) is 0 Å². The van der Waals surface area contributed by atoms with Crippen LogP contribution in [-0.4, -0.2) is 48.6 Å². The molecule has 10 nitrogen and oxygen atoms in total. The molecule has 1 aromatic carbocycles. The van der Waals surface area contributed by atoms with Crippen LogP contribution in [0.15, 0.2) is 53.3 Å².